The molecule has 1 aromatic rings. The molecule has 0 saturated heterocycles. The van der Waals surface area contributed by atoms with Gasteiger partial charge in [-0.05, 0) is 37.0 Å². The molecule has 0 amide bonds. The lowest BCUT2D eigenvalue weighted by atomic mass is 10.1. The predicted octanol–water partition coefficient (Wildman–Crippen LogP) is 2.71. The van der Waals surface area contributed by atoms with E-state index in [1.54, 1.807) is 19.9 Å². The van der Waals surface area contributed by atoms with E-state index < -0.39 is 22.0 Å². The second-order valence-electron chi connectivity index (χ2n) is 6.41. The smallest absolute Gasteiger partial charge is 0.324 e. The first kappa shape index (κ1) is 19.8. The van der Waals surface area contributed by atoms with Crippen molar-refractivity contribution in [2.45, 2.75) is 38.1 Å². The summed E-state index contributed by atoms with van der Waals surface area (Å²) in [6.45, 7) is 9.98. The standard InChI is InChI=1S/C17H23ClN2O4S/c1-10(2)16(17(21)24-5)19-25(22,23)15-9-14-12(8-13(15)18)6-7-20(14)11(3)4/h8-10,16,19H,3,6-7H2,1-2,4-5H3. The highest BCUT2D eigenvalue weighted by Gasteiger charge is 2.32. The fourth-order valence-corrected chi connectivity index (χ4v) is 4.71. The van der Waals surface area contributed by atoms with Crippen LogP contribution in [0.3, 0.4) is 0 Å². The summed E-state index contributed by atoms with van der Waals surface area (Å²) in [5, 5.41) is 0.127. The van der Waals surface area contributed by atoms with Crippen molar-refractivity contribution >= 4 is 33.3 Å². The van der Waals surface area contributed by atoms with Gasteiger partial charge in [-0.1, -0.05) is 32.0 Å². The van der Waals surface area contributed by atoms with Gasteiger partial charge in [0.15, 0.2) is 0 Å². The van der Waals surface area contributed by atoms with Gasteiger partial charge in [0.05, 0.1) is 12.1 Å². The lowest BCUT2D eigenvalue weighted by Gasteiger charge is -2.22. The molecule has 8 heteroatoms. The van der Waals surface area contributed by atoms with Crippen molar-refractivity contribution in [3.05, 3.63) is 35.0 Å². The number of hydrogen-bond donors (Lipinski definition) is 1. The van der Waals surface area contributed by atoms with E-state index in [1.165, 1.54) is 13.2 Å². The number of esters is 1. The van der Waals surface area contributed by atoms with Crippen molar-refractivity contribution in [2.75, 3.05) is 18.6 Å². The van der Waals surface area contributed by atoms with E-state index in [0.717, 1.165) is 29.9 Å². The number of nitrogens with one attached hydrogen (secondary N) is 1. The van der Waals surface area contributed by atoms with Crippen LogP contribution in [0.15, 0.2) is 29.3 Å². The third kappa shape index (κ3) is 3.99. The van der Waals surface area contributed by atoms with Gasteiger partial charge in [0.1, 0.15) is 10.9 Å². The van der Waals surface area contributed by atoms with Crippen LogP contribution in [0.25, 0.3) is 0 Å². The first-order chi connectivity index (χ1) is 11.6. The molecule has 0 aromatic heterocycles. The van der Waals surface area contributed by atoms with Crippen molar-refractivity contribution in [1.29, 1.82) is 0 Å². The van der Waals surface area contributed by atoms with Crippen LogP contribution in [0, 0.1) is 5.92 Å². The SMILES string of the molecule is C=C(C)N1CCc2cc(Cl)c(S(=O)(=O)NC(C(=O)OC)C(C)C)cc21. The largest absolute Gasteiger partial charge is 0.468 e. The fraction of sp³-hybridized carbons (Fsp3) is 0.471. The minimum atomic E-state index is -4.00. The lowest BCUT2D eigenvalue weighted by molar-refractivity contribution is -0.143. The van der Waals surface area contributed by atoms with Gasteiger partial charge in [0.25, 0.3) is 0 Å². The van der Waals surface area contributed by atoms with E-state index in [-0.39, 0.29) is 15.8 Å². The Morgan fingerprint density at radius 3 is 2.56 bits per heavy atom. The number of carbonyl (C=O) groups excluding carboxylic acids is 1. The van der Waals surface area contributed by atoms with Crippen molar-refractivity contribution in [3.63, 3.8) is 0 Å². The molecule has 2 rings (SSSR count). The molecule has 0 bridgehead atoms. The molecule has 0 saturated carbocycles. The Morgan fingerprint density at radius 1 is 1.40 bits per heavy atom. The Kier molecular flexibility index (Phi) is 5.81. The second-order valence-corrected chi connectivity index (χ2v) is 8.50. The highest BCUT2D eigenvalue weighted by molar-refractivity contribution is 7.89. The van der Waals surface area contributed by atoms with Gasteiger partial charge in [-0.2, -0.15) is 4.72 Å². The van der Waals surface area contributed by atoms with Crippen LogP contribution in [0.2, 0.25) is 5.02 Å². The Morgan fingerprint density at radius 2 is 2.04 bits per heavy atom. The number of carbonyl (C=O) groups is 1. The summed E-state index contributed by atoms with van der Waals surface area (Å²) < 4.78 is 32.7. The van der Waals surface area contributed by atoms with Gasteiger partial charge >= 0.3 is 5.97 Å². The molecule has 6 nitrogen and oxygen atoms in total. The zero-order chi connectivity index (χ0) is 18.9. The Balaban J connectivity index is 2.45. The minimum Gasteiger partial charge on any atom is -0.468 e. The third-order valence-electron chi connectivity index (χ3n) is 4.18. The van der Waals surface area contributed by atoms with Crippen molar-refractivity contribution in [1.82, 2.24) is 4.72 Å². The fourth-order valence-electron chi connectivity index (χ4n) is 2.80. The highest BCUT2D eigenvalue weighted by atomic mass is 35.5. The number of fused-ring (bicyclic) bond motifs is 1. The predicted molar refractivity (Wildman–Crippen MR) is 98.3 cm³/mol. The number of halogens is 1. The van der Waals surface area contributed by atoms with Crippen LogP contribution in [-0.4, -0.2) is 34.1 Å². The third-order valence-corrected chi connectivity index (χ3v) is 6.09. The number of methoxy groups -OCH3 is 1. The number of sulfonamides is 1. The van der Waals surface area contributed by atoms with Gasteiger partial charge in [0, 0.05) is 17.9 Å². The van der Waals surface area contributed by atoms with Crippen LogP contribution < -0.4 is 9.62 Å². The number of hydrogen-bond acceptors (Lipinski definition) is 5. The molecule has 1 atom stereocenters. The van der Waals surface area contributed by atoms with Gasteiger partial charge in [0.2, 0.25) is 10.0 Å². The maximum absolute atomic E-state index is 12.8. The molecular formula is C17H23ClN2O4S. The molecule has 0 aliphatic carbocycles. The molecule has 1 N–H and O–H groups in total. The normalized spacial score (nSPS) is 15.2. The van der Waals surface area contributed by atoms with Crippen molar-refractivity contribution < 1.29 is 17.9 Å². The molecule has 1 aliphatic heterocycles. The molecule has 1 unspecified atom stereocenters. The summed E-state index contributed by atoms with van der Waals surface area (Å²) >= 11 is 6.22. The van der Waals surface area contributed by atoms with Crippen molar-refractivity contribution in [3.8, 4) is 0 Å². The summed E-state index contributed by atoms with van der Waals surface area (Å²) in [5.41, 5.74) is 2.57. The Hall–Kier alpha value is -1.57. The van der Waals surface area contributed by atoms with Gasteiger partial charge in [-0.15, -0.1) is 0 Å². The topological polar surface area (TPSA) is 75.7 Å². The average molecular weight is 387 g/mol. The maximum atomic E-state index is 12.8. The molecule has 0 radical (unpaired) electrons. The zero-order valence-electron chi connectivity index (χ0n) is 14.8. The van der Waals surface area contributed by atoms with Gasteiger partial charge < -0.3 is 9.64 Å². The zero-order valence-corrected chi connectivity index (χ0v) is 16.4. The summed E-state index contributed by atoms with van der Waals surface area (Å²) in [6, 6.07) is 2.21. The quantitative estimate of drug-likeness (QED) is 0.761. The van der Waals surface area contributed by atoms with E-state index in [4.69, 9.17) is 11.6 Å². The molecule has 0 fully saturated rings. The molecule has 1 aromatic carbocycles. The van der Waals surface area contributed by atoms with E-state index >= 15 is 0 Å². The number of nitrogens with zero attached hydrogens (tertiary/aromatic N) is 1. The molecule has 1 heterocycles. The first-order valence-corrected chi connectivity index (χ1v) is 9.80. The van der Waals surface area contributed by atoms with Crippen LogP contribution in [-0.2, 0) is 26.0 Å². The monoisotopic (exact) mass is 386 g/mol. The number of anilines is 1. The highest BCUT2D eigenvalue weighted by Crippen LogP contribution is 2.36. The number of allylic oxidation sites excluding steroid dienone is 1. The van der Waals surface area contributed by atoms with E-state index in [2.05, 4.69) is 16.0 Å². The Labute approximate surface area is 153 Å². The van der Waals surface area contributed by atoms with Gasteiger partial charge in [-0.3, -0.25) is 4.79 Å². The summed E-state index contributed by atoms with van der Waals surface area (Å²) in [6.07, 6.45) is 0.770. The van der Waals surface area contributed by atoms with E-state index in [1.807, 2.05) is 11.8 Å². The molecule has 1 aliphatic rings. The molecule has 0 spiro atoms. The second kappa shape index (κ2) is 7.35. The van der Waals surface area contributed by atoms with Crippen LogP contribution in [0.4, 0.5) is 5.69 Å². The van der Waals surface area contributed by atoms with Crippen molar-refractivity contribution in [2.24, 2.45) is 5.92 Å². The number of benzene rings is 1. The van der Waals surface area contributed by atoms with Gasteiger partial charge in [-0.25, -0.2) is 8.42 Å². The Bertz CT molecular complexity index is 805. The maximum Gasteiger partial charge on any atom is 0.324 e. The van der Waals surface area contributed by atoms with E-state index in [9.17, 15) is 13.2 Å². The lowest BCUT2D eigenvalue weighted by Crippen LogP contribution is -2.45. The average Bonchev–Trinajstić information content (AvgIpc) is 2.93. The van der Waals surface area contributed by atoms with Crippen LogP contribution in [0.1, 0.15) is 26.3 Å². The number of rotatable bonds is 6. The van der Waals surface area contributed by atoms with Crippen LogP contribution in [0.5, 0.6) is 0 Å². The minimum absolute atomic E-state index is 0.0596. The summed E-state index contributed by atoms with van der Waals surface area (Å²) in [5.74, 6) is -0.915. The first-order valence-electron chi connectivity index (χ1n) is 7.94. The molecular weight excluding hydrogens is 364 g/mol. The summed E-state index contributed by atoms with van der Waals surface area (Å²) in [4.78, 5) is 13.8. The molecule has 25 heavy (non-hydrogen) atoms. The van der Waals surface area contributed by atoms with Crippen LogP contribution >= 0.6 is 11.6 Å². The molecule has 138 valence electrons. The van der Waals surface area contributed by atoms with E-state index in [0.29, 0.717) is 0 Å². The number of ether oxygens (including phenoxy) is 1. The summed E-state index contributed by atoms with van der Waals surface area (Å²) in [7, 11) is -2.78.